The van der Waals surface area contributed by atoms with Crippen LogP contribution in [-0.4, -0.2) is 23.8 Å². The minimum absolute atomic E-state index is 0.563. The fourth-order valence-corrected chi connectivity index (χ4v) is 3.19. The fourth-order valence-electron chi connectivity index (χ4n) is 1.87. The summed E-state index contributed by atoms with van der Waals surface area (Å²) < 4.78 is 0. The van der Waals surface area contributed by atoms with Crippen molar-refractivity contribution in [1.82, 2.24) is 10.3 Å². The number of rotatable bonds is 6. The van der Waals surface area contributed by atoms with Crippen molar-refractivity contribution >= 4 is 11.8 Å². The second-order valence-electron chi connectivity index (χ2n) is 4.72. The van der Waals surface area contributed by atoms with E-state index in [1.54, 1.807) is 0 Å². The zero-order chi connectivity index (χ0) is 12.8. The molecular formula is C14H24N2S. The van der Waals surface area contributed by atoms with Crippen LogP contribution in [0.1, 0.15) is 31.5 Å². The van der Waals surface area contributed by atoms with E-state index in [-0.39, 0.29) is 0 Å². The van der Waals surface area contributed by atoms with Crippen LogP contribution in [0, 0.1) is 19.8 Å². The standard InChI is InChI=1S/C14H24N2S/c1-6-11(3)13(15-5)9-17-14-8-10(2)7-12(4)16-14/h7-8,11,13,15H,6,9H2,1-5H3. The van der Waals surface area contributed by atoms with Gasteiger partial charge in [-0.1, -0.05) is 20.3 Å². The van der Waals surface area contributed by atoms with Gasteiger partial charge in [0.1, 0.15) is 0 Å². The molecule has 1 N–H and O–H groups in total. The Morgan fingerprint density at radius 2 is 2.06 bits per heavy atom. The van der Waals surface area contributed by atoms with Crippen molar-refractivity contribution in [3.05, 3.63) is 23.4 Å². The van der Waals surface area contributed by atoms with Crippen molar-refractivity contribution < 1.29 is 0 Å². The number of pyridine rings is 1. The minimum Gasteiger partial charge on any atom is -0.316 e. The van der Waals surface area contributed by atoms with Gasteiger partial charge in [-0.3, -0.25) is 0 Å². The third-order valence-corrected chi connectivity index (χ3v) is 4.22. The Balaban J connectivity index is 2.59. The van der Waals surface area contributed by atoms with Crippen molar-refractivity contribution in [1.29, 1.82) is 0 Å². The van der Waals surface area contributed by atoms with E-state index >= 15 is 0 Å². The topological polar surface area (TPSA) is 24.9 Å². The zero-order valence-electron chi connectivity index (χ0n) is 11.6. The largest absolute Gasteiger partial charge is 0.316 e. The van der Waals surface area contributed by atoms with Gasteiger partial charge >= 0.3 is 0 Å². The molecule has 0 aliphatic carbocycles. The van der Waals surface area contributed by atoms with Crippen molar-refractivity contribution in [2.45, 2.75) is 45.2 Å². The van der Waals surface area contributed by atoms with E-state index in [0.717, 1.165) is 16.5 Å². The molecule has 2 atom stereocenters. The van der Waals surface area contributed by atoms with Crippen molar-refractivity contribution in [2.75, 3.05) is 12.8 Å². The maximum Gasteiger partial charge on any atom is 0.0966 e. The van der Waals surface area contributed by atoms with Gasteiger partial charge in [-0.15, -0.1) is 11.8 Å². The molecule has 0 bridgehead atoms. The third-order valence-electron chi connectivity index (χ3n) is 3.19. The minimum atomic E-state index is 0.563. The number of nitrogens with one attached hydrogen (secondary N) is 1. The highest BCUT2D eigenvalue weighted by Crippen LogP contribution is 2.21. The van der Waals surface area contributed by atoms with Crippen molar-refractivity contribution in [2.24, 2.45) is 5.92 Å². The van der Waals surface area contributed by atoms with Crippen LogP contribution < -0.4 is 5.32 Å². The lowest BCUT2D eigenvalue weighted by molar-refractivity contribution is 0.420. The first-order valence-electron chi connectivity index (χ1n) is 6.32. The molecule has 1 aromatic rings. The molecule has 2 nitrogen and oxygen atoms in total. The molecule has 1 heterocycles. The molecule has 0 aromatic carbocycles. The van der Waals surface area contributed by atoms with E-state index in [2.05, 4.69) is 50.1 Å². The van der Waals surface area contributed by atoms with E-state index in [1.807, 2.05) is 18.8 Å². The Labute approximate surface area is 110 Å². The number of hydrogen-bond acceptors (Lipinski definition) is 3. The highest BCUT2D eigenvalue weighted by atomic mass is 32.2. The zero-order valence-corrected chi connectivity index (χ0v) is 12.4. The van der Waals surface area contributed by atoms with Crippen LogP contribution in [0.2, 0.25) is 0 Å². The molecule has 0 fully saturated rings. The van der Waals surface area contributed by atoms with Crippen molar-refractivity contribution in [3.63, 3.8) is 0 Å². The van der Waals surface area contributed by atoms with Crippen LogP contribution in [0.5, 0.6) is 0 Å². The lowest BCUT2D eigenvalue weighted by atomic mass is 10.0. The van der Waals surface area contributed by atoms with Gasteiger partial charge in [0.05, 0.1) is 5.03 Å². The molecule has 1 rings (SSSR count). The average molecular weight is 252 g/mol. The van der Waals surface area contributed by atoms with E-state index in [0.29, 0.717) is 12.0 Å². The summed E-state index contributed by atoms with van der Waals surface area (Å²) in [4.78, 5) is 4.56. The lowest BCUT2D eigenvalue weighted by Gasteiger charge is -2.21. The Hall–Kier alpha value is -0.540. The predicted molar refractivity (Wildman–Crippen MR) is 76.7 cm³/mol. The van der Waals surface area contributed by atoms with Gasteiger partial charge in [-0.05, 0) is 44.5 Å². The van der Waals surface area contributed by atoms with Crippen LogP contribution >= 0.6 is 11.8 Å². The summed E-state index contributed by atoms with van der Waals surface area (Å²) in [6.45, 7) is 8.73. The molecule has 96 valence electrons. The van der Waals surface area contributed by atoms with Gasteiger partial charge in [0.2, 0.25) is 0 Å². The van der Waals surface area contributed by atoms with Gasteiger partial charge < -0.3 is 5.32 Å². The number of hydrogen-bond donors (Lipinski definition) is 1. The monoisotopic (exact) mass is 252 g/mol. The molecule has 0 aliphatic heterocycles. The maximum atomic E-state index is 4.56. The summed E-state index contributed by atoms with van der Waals surface area (Å²) in [6.07, 6.45) is 1.21. The second kappa shape index (κ2) is 7.02. The Morgan fingerprint density at radius 3 is 2.59 bits per heavy atom. The summed E-state index contributed by atoms with van der Waals surface area (Å²) in [6, 6.07) is 4.85. The van der Waals surface area contributed by atoms with Gasteiger partial charge in [-0.25, -0.2) is 4.98 Å². The number of thioether (sulfide) groups is 1. The lowest BCUT2D eigenvalue weighted by Crippen LogP contribution is -2.34. The smallest absolute Gasteiger partial charge is 0.0966 e. The molecule has 1 aromatic heterocycles. The molecule has 0 aliphatic rings. The molecule has 2 unspecified atom stereocenters. The summed E-state index contributed by atoms with van der Waals surface area (Å²) in [5, 5.41) is 4.55. The summed E-state index contributed by atoms with van der Waals surface area (Å²) in [5.41, 5.74) is 2.40. The molecule has 0 amide bonds. The van der Waals surface area contributed by atoms with Gasteiger partial charge in [0.15, 0.2) is 0 Å². The van der Waals surface area contributed by atoms with Gasteiger partial charge in [-0.2, -0.15) is 0 Å². The van der Waals surface area contributed by atoms with E-state index in [4.69, 9.17) is 0 Å². The highest BCUT2D eigenvalue weighted by Gasteiger charge is 2.14. The van der Waals surface area contributed by atoms with Crippen LogP contribution in [0.3, 0.4) is 0 Å². The van der Waals surface area contributed by atoms with E-state index in [9.17, 15) is 0 Å². The Kier molecular flexibility index (Phi) is 6.00. The van der Waals surface area contributed by atoms with E-state index in [1.165, 1.54) is 12.0 Å². The number of aryl methyl sites for hydroxylation is 2. The average Bonchev–Trinajstić information content (AvgIpc) is 2.28. The molecule has 0 saturated heterocycles. The summed E-state index contributed by atoms with van der Waals surface area (Å²) >= 11 is 1.85. The fraction of sp³-hybridized carbons (Fsp3) is 0.643. The van der Waals surface area contributed by atoms with Gasteiger partial charge in [0.25, 0.3) is 0 Å². The second-order valence-corrected chi connectivity index (χ2v) is 5.76. The number of aromatic nitrogens is 1. The summed E-state index contributed by atoms with van der Waals surface area (Å²) in [5.74, 6) is 1.79. The SMILES string of the molecule is CCC(C)C(CSc1cc(C)cc(C)n1)NC. The van der Waals surface area contributed by atoms with Crippen LogP contribution in [0.4, 0.5) is 0 Å². The van der Waals surface area contributed by atoms with Crippen LogP contribution in [0.25, 0.3) is 0 Å². The van der Waals surface area contributed by atoms with E-state index < -0.39 is 0 Å². The molecule has 0 spiro atoms. The van der Waals surface area contributed by atoms with Crippen molar-refractivity contribution in [3.8, 4) is 0 Å². The maximum absolute atomic E-state index is 4.56. The van der Waals surface area contributed by atoms with Crippen LogP contribution in [-0.2, 0) is 0 Å². The molecule has 3 heteroatoms. The third kappa shape index (κ3) is 4.68. The molecular weight excluding hydrogens is 228 g/mol. The Morgan fingerprint density at radius 1 is 1.35 bits per heavy atom. The normalized spacial score (nSPS) is 14.6. The first-order chi connectivity index (χ1) is 8.06. The number of nitrogens with zero attached hydrogens (tertiary/aromatic N) is 1. The first-order valence-corrected chi connectivity index (χ1v) is 7.30. The molecule has 0 saturated carbocycles. The molecule has 0 radical (unpaired) electrons. The van der Waals surface area contributed by atoms with Gasteiger partial charge in [0, 0.05) is 17.5 Å². The highest BCUT2D eigenvalue weighted by molar-refractivity contribution is 7.99. The first kappa shape index (κ1) is 14.5. The summed E-state index contributed by atoms with van der Waals surface area (Å²) in [7, 11) is 2.05. The predicted octanol–water partition coefficient (Wildman–Crippen LogP) is 3.42. The quantitative estimate of drug-likeness (QED) is 0.785. The Bertz CT molecular complexity index is 332. The molecule has 17 heavy (non-hydrogen) atoms. The van der Waals surface area contributed by atoms with Crippen LogP contribution in [0.15, 0.2) is 17.2 Å².